The number of rotatable bonds is 7. The lowest BCUT2D eigenvalue weighted by atomic mass is 10.1. The molecule has 0 atom stereocenters. The van der Waals surface area contributed by atoms with E-state index in [2.05, 4.69) is 10.5 Å². The van der Waals surface area contributed by atoms with Gasteiger partial charge in [0.25, 0.3) is 11.6 Å². The lowest BCUT2D eigenvalue weighted by molar-refractivity contribution is -0.384. The molecule has 0 bridgehead atoms. The van der Waals surface area contributed by atoms with Crippen molar-refractivity contribution in [3.05, 3.63) is 80.5 Å². The number of hydrogen-bond acceptors (Lipinski definition) is 6. The number of nitro groups is 1. The Bertz CT molecular complexity index is 1080. The minimum absolute atomic E-state index is 0.0406. The van der Waals surface area contributed by atoms with E-state index in [4.69, 9.17) is 32.4 Å². The number of hydrazone groups is 1. The number of halogens is 2. The van der Waals surface area contributed by atoms with E-state index in [1.807, 2.05) is 0 Å². The number of ether oxygens (including phenoxy) is 1. The molecule has 1 amide bonds. The number of carbonyl (C=O) groups is 1. The average Bonchev–Trinajstić information content (AvgIpc) is 3.18. The number of furan rings is 1. The fourth-order valence-corrected chi connectivity index (χ4v) is 2.62. The number of nitro benzene ring substituents is 1. The Labute approximate surface area is 174 Å². The summed E-state index contributed by atoms with van der Waals surface area (Å²) in [6.45, 7) is -0.311. The summed E-state index contributed by atoms with van der Waals surface area (Å²) in [6.07, 6.45) is 1.30. The fourth-order valence-electron chi connectivity index (χ4n) is 2.28. The van der Waals surface area contributed by atoms with E-state index in [0.29, 0.717) is 27.1 Å². The summed E-state index contributed by atoms with van der Waals surface area (Å²) in [6, 6.07) is 14.0. The van der Waals surface area contributed by atoms with Crippen LogP contribution in [0.2, 0.25) is 10.0 Å². The van der Waals surface area contributed by atoms with Crippen molar-refractivity contribution in [3.63, 3.8) is 0 Å². The van der Waals surface area contributed by atoms with Crippen LogP contribution in [0.5, 0.6) is 5.75 Å². The minimum atomic E-state index is -0.511. The first-order valence-electron chi connectivity index (χ1n) is 8.17. The van der Waals surface area contributed by atoms with Crippen LogP contribution >= 0.6 is 23.2 Å². The van der Waals surface area contributed by atoms with Crippen LogP contribution in [0.25, 0.3) is 11.3 Å². The molecule has 1 N–H and O–H groups in total. The topological polar surface area (TPSA) is 107 Å². The number of carbonyl (C=O) groups excluding carboxylic acids is 1. The van der Waals surface area contributed by atoms with Gasteiger partial charge in [0.05, 0.1) is 16.2 Å². The molecule has 1 aromatic heterocycles. The van der Waals surface area contributed by atoms with Gasteiger partial charge in [-0.2, -0.15) is 5.10 Å². The van der Waals surface area contributed by atoms with Gasteiger partial charge in [0.15, 0.2) is 6.61 Å². The molecule has 0 fully saturated rings. The van der Waals surface area contributed by atoms with Crippen molar-refractivity contribution in [1.82, 2.24) is 5.43 Å². The molecular formula is C19H13Cl2N3O5. The highest BCUT2D eigenvalue weighted by Crippen LogP contribution is 2.27. The maximum atomic E-state index is 11.8. The summed E-state index contributed by atoms with van der Waals surface area (Å²) >= 11 is 11.8. The van der Waals surface area contributed by atoms with E-state index in [0.717, 1.165) is 0 Å². The lowest BCUT2D eigenvalue weighted by Gasteiger charge is -2.07. The number of hydrogen-bond donors (Lipinski definition) is 1. The van der Waals surface area contributed by atoms with E-state index in [9.17, 15) is 14.9 Å². The maximum Gasteiger partial charge on any atom is 0.277 e. The van der Waals surface area contributed by atoms with Crippen molar-refractivity contribution >= 4 is 41.0 Å². The van der Waals surface area contributed by atoms with Gasteiger partial charge < -0.3 is 9.15 Å². The molecule has 2 aromatic carbocycles. The predicted octanol–water partition coefficient (Wildman–Crippen LogP) is 4.69. The Hall–Kier alpha value is -3.36. The summed E-state index contributed by atoms with van der Waals surface area (Å²) in [5.41, 5.74) is 2.80. The first kappa shape index (κ1) is 20.4. The molecule has 0 aliphatic heterocycles. The monoisotopic (exact) mass is 433 g/mol. The Balaban J connectivity index is 1.56. The second-order valence-electron chi connectivity index (χ2n) is 5.67. The Morgan fingerprint density at radius 2 is 2.03 bits per heavy atom. The number of benzene rings is 2. The molecule has 0 radical (unpaired) electrons. The fraction of sp³-hybridized carbons (Fsp3) is 0.0526. The third kappa shape index (κ3) is 5.56. The second-order valence-corrected chi connectivity index (χ2v) is 6.51. The molecule has 0 saturated carbocycles. The van der Waals surface area contributed by atoms with E-state index in [-0.39, 0.29) is 18.0 Å². The zero-order valence-corrected chi connectivity index (χ0v) is 16.2. The van der Waals surface area contributed by atoms with Crippen LogP contribution in [0.1, 0.15) is 5.76 Å². The van der Waals surface area contributed by atoms with Gasteiger partial charge in [-0.25, -0.2) is 5.43 Å². The molecule has 10 heteroatoms. The third-order valence-electron chi connectivity index (χ3n) is 3.60. The minimum Gasteiger partial charge on any atom is -0.482 e. The second kappa shape index (κ2) is 9.22. The molecule has 0 unspecified atom stereocenters. The average molecular weight is 434 g/mol. The number of nitrogens with zero attached hydrogens (tertiary/aromatic N) is 2. The summed E-state index contributed by atoms with van der Waals surface area (Å²) < 4.78 is 10.9. The Morgan fingerprint density at radius 1 is 1.21 bits per heavy atom. The molecule has 0 spiro atoms. The van der Waals surface area contributed by atoms with Gasteiger partial charge in [-0.15, -0.1) is 0 Å². The first-order valence-corrected chi connectivity index (χ1v) is 8.92. The van der Waals surface area contributed by atoms with Gasteiger partial charge >= 0.3 is 0 Å². The summed E-state index contributed by atoms with van der Waals surface area (Å²) in [5.74, 6) is 0.555. The molecule has 0 aliphatic carbocycles. The van der Waals surface area contributed by atoms with Gasteiger partial charge in [-0.05, 0) is 24.3 Å². The molecule has 3 aromatic rings. The molecule has 29 heavy (non-hydrogen) atoms. The summed E-state index contributed by atoms with van der Waals surface area (Å²) in [5, 5.41) is 15.4. The van der Waals surface area contributed by atoms with Crippen molar-refractivity contribution in [2.75, 3.05) is 6.61 Å². The van der Waals surface area contributed by atoms with E-state index >= 15 is 0 Å². The molecule has 3 rings (SSSR count). The summed E-state index contributed by atoms with van der Waals surface area (Å²) in [7, 11) is 0. The van der Waals surface area contributed by atoms with Crippen LogP contribution in [-0.4, -0.2) is 23.7 Å². The highest BCUT2D eigenvalue weighted by molar-refractivity contribution is 6.34. The molecule has 0 saturated heterocycles. The molecule has 1 heterocycles. The van der Waals surface area contributed by atoms with Gasteiger partial charge in [0.1, 0.15) is 17.3 Å². The highest BCUT2D eigenvalue weighted by Gasteiger charge is 2.10. The molecule has 8 nitrogen and oxygen atoms in total. The van der Waals surface area contributed by atoms with Crippen molar-refractivity contribution < 1.29 is 18.9 Å². The van der Waals surface area contributed by atoms with E-state index in [1.54, 1.807) is 36.4 Å². The van der Waals surface area contributed by atoms with Crippen molar-refractivity contribution in [2.45, 2.75) is 0 Å². The Morgan fingerprint density at radius 3 is 2.83 bits per heavy atom. The Kier molecular flexibility index (Phi) is 6.48. The zero-order chi connectivity index (χ0) is 20.8. The van der Waals surface area contributed by atoms with Crippen LogP contribution in [0.4, 0.5) is 5.69 Å². The maximum absolute atomic E-state index is 11.8. The normalized spacial score (nSPS) is 10.8. The van der Waals surface area contributed by atoms with Crippen LogP contribution in [0.3, 0.4) is 0 Å². The van der Waals surface area contributed by atoms with Crippen LogP contribution in [0.15, 0.2) is 64.1 Å². The van der Waals surface area contributed by atoms with Crippen molar-refractivity contribution in [2.24, 2.45) is 5.10 Å². The molecular weight excluding hydrogens is 421 g/mol. The van der Waals surface area contributed by atoms with E-state index < -0.39 is 10.8 Å². The lowest BCUT2D eigenvalue weighted by Crippen LogP contribution is -2.24. The SMILES string of the molecule is O=C(COc1cc(Cl)ccc1Cl)N/N=C\c1ccc(-c2cccc([N+](=O)[O-])c2)o1. The van der Waals surface area contributed by atoms with Crippen LogP contribution < -0.4 is 10.2 Å². The van der Waals surface area contributed by atoms with Crippen molar-refractivity contribution in [3.8, 4) is 17.1 Å². The van der Waals surface area contributed by atoms with Crippen molar-refractivity contribution in [1.29, 1.82) is 0 Å². The molecule has 0 aliphatic rings. The van der Waals surface area contributed by atoms with Gasteiger partial charge in [-0.3, -0.25) is 14.9 Å². The zero-order valence-electron chi connectivity index (χ0n) is 14.7. The summed E-state index contributed by atoms with van der Waals surface area (Å²) in [4.78, 5) is 22.2. The quantitative estimate of drug-likeness (QED) is 0.330. The highest BCUT2D eigenvalue weighted by atomic mass is 35.5. The number of non-ortho nitro benzene ring substituents is 1. The first-order chi connectivity index (χ1) is 13.9. The standard InChI is InChI=1S/C19H13Cl2N3O5/c20-13-4-6-16(21)18(9-13)28-11-19(25)23-22-10-15-5-7-17(29-15)12-2-1-3-14(8-12)24(26)27/h1-10H,11H2,(H,23,25)/b22-10-. The molecule has 148 valence electrons. The number of amides is 1. The third-order valence-corrected chi connectivity index (χ3v) is 4.15. The van der Waals surface area contributed by atoms with Gasteiger partial charge in [-0.1, -0.05) is 35.3 Å². The van der Waals surface area contributed by atoms with Gasteiger partial charge in [0.2, 0.25) is 0 Å². The largest absolute Gasteiger partial charge is 0.482 e. The van der Waals surface area contributed by atoms with Crippen LogP contribution in [0, 0.1) is 10.1 Å². The smallest absolute Gasteiger partial charge is 0.277 e. The van der Waals surface area contributed by atoms with Gasteiger partial charge in [0, 0.05) is 28.8 Å². The van der Waals surface area contributed by atoms with Crippen LogP contribution in [-0.2, 0) is 4.79 Å². The predicted molar refractivity (Wildman–Crippen MR) is 108 cm³/mol. The van der Waals surface area contributed by atoms with E-state index in [1.165, 1.54) is 24.4 Å². The number of nitrogens with one attached hydrogen (secondary N) is 1.